The van der Waals surface area contributed by atoms with Gasteiger partial charge in [0.15, 0.2) is 0 Å². The lowest BCUT2D eigenvalue weighted by molar-refractivity contribution is 0.00746. The van der Waals surface area contributed by atoms with Gasteiger partial charge < -0.3 is 10.5 Å². The van der Waals surface area contributed by atoms with E-state index >= 15 is 0 Å². The zero-order chi connectivity index (χ0) is 13.2. The van der Waals surface area contributed by atoms with E-state index in [0.29, 0.717) is 21.1 Å². The molecule has 1 heterocycles. The van der Waals surface area contributed by atoms with Gasteiger partial charge in [-0.2, -0.15) is 4.99 Å². The molecule has 4 nitrogen and oxygen atoms in total. The number of thiocarbonyl (C=S) groups is 1. The number of hydrogen-bond acceptors (Lipinski definition) is 6. The van der Waals surface area contributed by atoms with Crippen molar-refractivity contribution in [2.45, 2.75) is 33.3 Å². The number of nitrogens with two attached hydrogens (primary N) is 1. The van der Waals surface area contributed by atoms with Crippen LogP contribution in [0.2, 0.25) is 0 Å². The second-order valence-corrected chi connectivity index (χ2v) is 5.71. The Kier molecular flexibility index (Phi) is 4.03. The number of nitrogens with zero attached hydrogens (tertiary/aromatic N) is 1. The fourth-order valence-corrected chi connectivity index (χ4v) is 2.21. The molecule has 0 aliphatic rings. The second kappa shape index (κ2) is 4.96. The molecular weight excluding hydrogens is 256 g/mol. The van der Waals surface area contributed by atoms with Gasteiger partial charge in [0.25, 0.3) is 0 Å². The fourth-order valence-electron chi connectivity index (χ4n) is 1.23. The molecule has 0 unspecified atom stereocenters. The van der Waals surface area contributed by atoms with Gasteiger partial charge in [0.2, 0.25) is 0 Å². The summed E-state index contributed by atoms with van der Waals surface area (Å²) in [4.78, 5) is 16.2. The average Bonchev–Trinajstić information content (AvgIpc) is 2.43. The zero-order valence-corrected chi connectivity index (χ0v) is 11.8. The largest absolute Gasteiger partial charge is 0.456 e. The number of ether oxygens (including phenoxy) is 1. The molecule has 0 spiro atoms. The average molecular weight is 270 g/mol. The van der Waals surface area contributed by atoms with E-state index in [-0.39, 0.29) is 0 Å². The first-order chi connectivity index (χ1) is 7.76. The molecule has 1 aromatic rings. The van der Waals surface area contributed by atoms with Crippen LogP contribution >= 0.6 is 23.6 Å². The van der Waals surface area contributed by atoms with Crippen LogP contribution in [0.5, 0.6) is 0 Å². The third-order valence-corrected chi connectivity index (χ3v) is 3.06. The van der Waals surface area contributed by atoms with E-state index in [4.69, 9.17) is 10.5 Å². The molecule has 0 amide bonds. The highest BCUT2D eigenvalue weighted by molar-refractivity contribution is 7.78. The van der Waals surface area contributed by atoms with Crippen molar-refractivity contribution in [3.05, 3.63) is 10.4 Å². The molecule has 1 rings (SSSR count). The van der Waals surface area contributed by atoms with Crippen LogP contribution in [0.1, 0.15) is 36.0 Å². The summed E-state index contributed by atoms with van der Waals surface area (Å²) in [5, 5.41) is 2.69. The zero-order valence-electron chi connectivity index (χ0n) is 10.2. The number of carbonyl (C=O) groups is 1. The van der Waals surface area contributed by atoms with Gasteiger partial charge in [-0.3, -0.25) is 0 Å². The van der Waals surface area contributed by atoms with Crippen LogP contribution in [0, 0.1) is 6.92 Å². The molecule has 6 heteroatoms. The summed E-state index contributed by atoms with van der Waals surface area (Å²) >= 11 is 5.69. The van der Waals surface area contributed by atoms with E-state index in [1.165, 1.54) is 0 Å². The molecule has 0 bridgehead atoms. The fraction of sp³-hybridized carbons (Fsp3) is 0.455. The first-order valence-corrected chi connectivity index (χ1v) is 6.19. The predicted octanol–water partition coefficient (Wildman–Crippen LogP) is 3.33. The molecule has 0 radical (unpaired) electrons. The van der Waals surface area contributed by atoms with Crippen molar-refractivity contribution in [3.63, 3.8) is 0 Å². The van der Waals surface area contributed by atoms with E-state index < -0.39 is 11.6 Å². The van der Waals surface area contributed by atoms with Gasteiger partial charge in [-0.25, -0.2) is 4.79 Å². The van der Waals surface area contributed by atoms with Crippen LogP contribution in [0.3, 0.4) is 0 Å². The van der Waals surface area contributed by atoms with Crippen LogP contribution in [-0.2, 0) is 4.74 Å². The molecule has 0 aliphatic carbocycles. The number of thiophene rings is 1. The van der Waals surface area contributed by atoms with E-state index in [0.717, 1.165) is 11.3 Å². The monoisotopic (exact) mass is 270 g/mol. The number of rotatable bonds is 2. The first-order valence-electron chi connectivity index (χ1n) is 4.96. The molecule has 1 aromatic heterocycles. The van der Waals surface area contributed by atoms with Crippen molar-refractivity contribution in [1.82, 2.24) is 0 Å². The Hall–Kier alpha value is -1.23. The molecule has 0 aromatic carbocycles. The Morgan fingerprint density at radius 1 is 1.53 bits per heavy atom. The van der Waals surface area contributed by atoms with Gasteiger partial charge in [-0.15, -0.1) is 11.3 Å². The summed E-state index contributed by atoms with van der Waals surface area (Å²) in [6.07, 6.45) is 0. The highest BCUT2D eigenvalue weighted by atomic mass is 32.1. The molecule has 0 atom stereocenters. The van der Waals surface area contributed by atoms with Gasteiger partial charge in [-0.05, 0) is 39.9 Å². The Bertz CT molecular complexity index is 494. The summed E-state index contributed by atoms with van der Waals surface area (Å²) in [5.74, 6) is -0.391. The minimum absolute atomic E-state index is 0.391. The number of anilines is 1. The number of esters is 1. The number of hydrogen-bond donors (Lipinski definition) is 1. The summed E-state index contributed by atoms with van der Waals surface area (Å²) < 4.78 is 5.28. The Morgan fingerprint density at radius 3 is 2.59 bits per heavy atom. The van der Waals surface area contributed by atoms with Crippen LogP contribution in [-0.4, -0.2) is 16.7 Å². The maximum atomic E-state index is 11.9. The molecule has 92 valence electrons. The topological polar surface area (TPSA) is 64.7 Å². The first kappa shape index (κ1) is 13.8. The Morgan fingerprint density at radius 2 is 2.12 bits per heavy atom. The van der Waals surface area contributed by atoms with Gasteiger partial charge in [0, 0.05) is 5.56 Å². The van der Waals surface area contributed by atoms with Crippen LogP contribution < -0.4 is 5.73 Å². The number of carbonyl (C=O) groups excluding carboxylic acids is 1. The Labute approximate surface area is 109 Å². The maximum Gasteiger partial charge on any atom is 0.349 e. The quantitative estimate of drug-likeness (QED) is 0.508. The predicted molar refractivity (Wildman–Crippen MR) is 73.3 cm³/mol. The van der Waals surface area contributed by atoms with Crippen LogP contribution in [0.25, 0.3) is 0 Å². The van der Waals surface area contributed by atoms with Crippen LogP contribution in [0.4, 0.5) is 10.7 Å². The standard InChI is InChI=1S/C11H14N2O2S2/c1-6-7(13-5-16)9(12)17-8(6)10(14)15-11(2,3)4/h12H2,1-4H3. The third-order valence-electron chi connectivity index (χ3n) is 1.88. The Balaban J connectivity index is 3.12. The van der Waals surface area contributed by atoms with E-state index in [9.17, 15) is 4.79 Å². The van der Waals surface area contributed by atoms with Crippen molar-refractivity contribution in [1.29, 1.82) is 0 Å². The molecule has 2 N–H and O–H groups in total. The lowest BCUT2D eigenvalue weighted by Crippen LogP contribution is -2.23. The summed E-state index contributed by atoms with van der Waals surface area (Å²) in [6, 6.07) is 0. The third kappa shape index (κ3) is 3.36. The molecule has 0 aliphatic heterocycles. The SMILES string of the molecule is Cc1c(C(=O)OC(C)(C)C)sc(N)c1N=C=S. The summed E-state index contributed by atoms with van der Waals surface area (Å²) in [6.45, 7) is 7.20. The smallest absolute Gasteiger partial charge is 0.349 e. The molecule has 0 saturated carbocycles. The van der Waals surface area contributed by atoms with Crippen molar-refractivity contribution in [2.24, 2.45) is 4.99 Å². The lowest BCUT2D eigenvalue weighted by atomic mass is 10.2. The minimum atomic E-state index is -0.532. The van der Waals surface area contributed by atoms with Crippen molar-refractivity contribution in [2.75, 3.05) is 5.73 Å². The molecular formula is C11H14N2O2S2. The van der Waals surface area contributed by atoms with Crippen molar-refractivity contribution < 1.29 is 9.53 Å². The minimum Gasteiger partial charge on any atom is -0.456 e. The van der Waals surface area contributed by atoms with Crippen LogP contribution in [0.15, 0.2) is 4.99 Å². The second-order valence-electron chi connectivity index (χ2n) is 4.47. The van der Waals surface area contributed by atoms with E-state index in [1.807, 2.05) is 20.8 Å². The van der Waals surface area contributed by atoms with Gasteiger partial charge in [0.05, 0.1) is 5.16 Å². The van der Waals surface area contributed by atoms with Crippen molar-refractivity contribution >= 4 is 45.4 Å². The normalized spacial score (nSPS) is 10.8. The molecule has 0 fully saturated rings. The molecule has 17 heavy (non-hydrogen) atoms. The maximum absolute atomic E-state index is 11.9. The van der Waals surface area contributed by atoms with E-state index in [1.54, 1.807) is 6.92 Å². The summed E-state index contributed by atoms with van der Waals surface area (Å²) in [5.41, 5.74) is 6.41. The summed E-state index contributed by atoms with van der Waals surface area (Å²) in [7, 11) is 0. The van der Waals surface area contributed by atoms with E-state index in [2.05, 4.69) is 22.4 Å². The lowest BCUT2D eigenvalue weighted by Gasteiger charge is -2.19. The van der Waals surface area contributed by atoms with Gasteiger partial charge in [0.1, 0.15) is 21.2 Å². The van der Waals surface area contributed by atoms with Gasteiger partial charge in [-0.1, -0.05) is 0 Å². The number of nitrogen functional groups attached to an aromatic ring is 1. The highest BCUT2D eigenvalue weighted by Gasteiger charge is 2.23. The number of isothiocyanates is 1. The molecule has 0 saturated heterocycles. The highest BCUT2D eigenvalue weighted by Crippen LogP contribution is 2.38. The van der Waals surface area contributed by atoms with Crippen molar-refractivity contribution in [3.8, 4) is 0 Å². The van der Waals surface area contributed by atoms with Gasteiger partial charge >= 0.3 is 5.97 Å². The number of aliphatic imine (C=N–C) groups is 1.